The highest BCUT2D eigenvalue weighted by Crippen LogP contribution is 2.48. The first-order valence-corrected chi connectivity index (χ1v) is 14.7. The quantitative estimate of drug-likeness (QED) is 0.562. The molecule has 3 amide bonds. The van der Waals surface area contributed by atoms with Crippen molar-refractivity contribution in [1.29, 1.82) is 0 Å². The lowest BCUT2D eigenvalue weighted by Crippen LogP contribution is -2.50. The highest BCUT2D eigenvalue weighted by atomic mass is 16.5. The molecule has 0 radical (unpaired) electrons. The van der Waals surface area contributed by atoms with E-state index in [4.69, 9.17) is 9.47 Å². The van der Waals surface area contributed by atoms with Crippen LogP contribution in [-0.2, 0) is 9.53 Å². The maximum absolute atomic E-state index is 13.5. The van der Waals surface area contributed by atoms with E-state index in [-0.39, 0.29) is 28.6 Å². The van der Waals surface area contributed by atoms with Gasteiger partial charge in [-0.05, 0) is 68.6 Å². The molecule has 3 aliphatic rings. The van der Waals surface area contributed by atoms with Crippen LogP contribution < -0.4 is 4.74 Å². The van der Waals surface area contributed by atoms with E-state index in [0.29, 0.717) is 69.4 Å². The average molecular weight is 564 g/mol. The zero-order chi connectivity index (χ0) is 28.9. The number of carbonyl (C=O) groups is 3. The lowest BCUT2D eigenvalue weighted by molar-refractivity contribution is -0.141. The first-order chi connectivity index (χ1) is 19.8. The Kier molecular flexibility index (Phi) is 8.87. The van der Waals surface area contributed by atoms with Crippen LogP contribution in [0.25, 0.3) is 0 Å². The topological polar surface area (TPSA) is 105 Å². The number of ether oxygens (including phenoxy) is 2. The van der Waals surface area contributed by atoms with Crippen molar-refractivity contribution in [2.24, 2.45) is 10.8 Å². The SMILES string of the molecule is COCC1(C(=O)N2CCC3(CCCN(C(=O)c4cnccn4)CCCOc4cccc(c4)C(=O)N(C)C3)CC2)CC1. The van der Waals surface area contributed by atoms with Gasteiger partial charge in [0.25, 0.3) is 11.8 Å². The maximum Gasteiger partial charge on any atom is 0.274 e. The van der Waals surface area contributed by atoms with Crippen LogP contribution in [0.3, 0.4) is 0 Å². The predicted molar refractivity (Wildman–Crippen MR) is 152 cm³/mol. The van der Waals surface area contributed by atoms with Crippen molar-refractivity contribution in [2.45, 2.75) is 44.9 Å². The number of hydrogen-bond acceptors (Lipinski definition) is 7. The largest absolute Gasteiger partial charge is 0.494 e. The second kappa shape index (κ2) is 12.5. The Balaban J connectivity index is 1.35. The standard InChI is InChI=1S/C31H41N5O5/c1-34-22-30(11-17-36(18-12-30)29(39)31(9-10-31)23-40-2)8-4-15-35(28(38)26-21-32-13-14-33-26)16-5-19-41-25-7-3-6-24(20-25)27(34)37/h3,6-7,13-14,20-21H,4-5,8-12,15-19,22-23H2,1-2H3. The molecule has 5 rings (SSSR count). The van der Waals surface area contributed by atoms with Gasteiger partial charge in [-0.1, -0.05) is 6.07 Å². The van der Waals surface area contributed by atoms with Crippen molar-refractivity contribution in [2.75, 3.05) is 60.1 Å². The Morgan fingerprint density at radius 1 is 1.00 bits per heavy atom. The Morgan fingerprint density at radius 2 is 1.78 bits per heavy atom. The molecule has 1 spiro atoms. The molecule has 10 heteroatoms. The molecule has 1 aliphatic carbocycles. The number of rotatable bonds is 4. The normalized spacial score (nSPS) is 21.0. The smallest absolute Gasteiger partial charge is 0.274 e. The van der Waals surface area contributed by atoms with Gasteiger partial charge in [-0.3, -0.25) is 19.4 Å². The van der Waals surface area contributed by atoms with E-state index in [0.717, 1.165) is 38.5 Å². The number of methoxy groups -OCH3 is 1. The maximum atomic E-state index is 13.5. The molecule has 41 heavy (non-hydrogen) atoms. The first kappa shape index (κ1) is 29.0. The molecule has 1 saturated carbocycles. The first-order valence-electron chi connectivity index (χ1n) is 14.7. The van der Waals surface area contributed by atoms with Gasteiger partial charge in [-0.25, -0.2) is 4.98 Å². The van der Waals surface area contributed by atoms with Crippen LogP contribution in [0.1, 0.15) is 65.8 Å². The van der Waals surface area contributed by atoms with Crippen molar-refractivity contribution in [1.82, 2.24) is 24.7 Å². The molecule has 1 saturated heterocycles. The summed E-state index contributed by atoms with van der Waals surface area (Å²) in [7, 11) is 3.51. The van der Waals surface area contributed by atoms with E-state index in [2.05, 4.69) is 9.97 Å². The monoisotopic (exact) mass is 563 g/mol. The third-order valence-electron chi connectivity index (χ3n) is 8.89. The fourth-order valence-corrected chi connectivity index (χ4v) is 6.34. The summed E-state index contributed by atoms with van der Waals surface area (Å²) < 4.78 is 11.3. The lowest BCUT2D eigenvalue weighted by Gasteiger charge is -2.45. The number of benzene rings is 1. The number of likely N-dealkylation sites (tertiary alicyclic amines) is 1. The second-order valence-corrected chi connectivity index (χ2v) is 11.9. The molecule has 0 atom stereocenters. The van der Waals surface area contributed by atoms with Crippen LogP contribution in [0.5, 0.6) is 5.75 Å². The summed E-state index contributed by atoms with van der Waals surface area (Å²) in [5, 5.41) is 0. The second-order valence-electron chi connectivity index (χ2n) is 11.9. The summed E-state index contributed by atoms with van der Waals surface area (Å²) in [6.07, 6.45) is 10.3. The summed E-state index contributed by atoms with van der Waals surface area (Å²) in [5.41, 5.74) is 0.421. The molecular formula is C31H41N5O5. The fraction of sp³-hybridized carbons (Fsp3) is 0.581. The molecule has 0 unspecified atom stereocenters. The Morgan fingerprint density at radius 3 is 2.49 bits per heavy atom. The Labute approximate surface area is 242 Å². The van der Waals surface area contributed by atoms with Crippen LogP contribution >= 0.6 is 0 Å². The summed E-state index contributed by atoms with van der Waals surface area (Å²) in [6, 6.07) is 7.30. The highest BCUT2D eigenvalue weighted by Gasteiger charge is 2.52. The number of aromatic nitrogens is 2. The van der Waals surface area contributed by atoms with Crippen LogP contribution in [-0.4, -0.2) is 102 Å². The minimum atomic E-state index is -0.345. The van der Waals surface area contributed by atoms with E-state index in [1.54, 1.807) is 19.4 Å². The van der Waals surface area contributed by atoms with E-state index in [9.17, 15) is 14.4 Å². The Bertz CT molecular complexity index is 1230. The molecular weight excluding hydrogens is 522 g/mol. The van der Waals surface area contributed by atoms with Crippen LogP contribution in [0.4, 0.5) is 0 Å². The fourth-order valence-electron chi connectivity index (χ4n) is 6.34. The summed E-state index contributed by atoms with van der Waals surface area (Å²) in [4.78, 5) is 54.1. The van der Waals surface area contributed by atoms with Gasteiger partial charge in [-0.15, -0.1) is 0 Å². The van der Waals surface area contributed by atoms with Gasteiger partial charge >= 0.3 is 0 Å². The van der Waals surface area contributed by atoms with Gasteiger partial charge in [0.1, 0.15) is 11.4 Å². The Hall–Kier alpha value is -3.53. The van der Waals surface area contributed by atoms with Gasteiger partial charge in [-0.2, -0.15) is 0 Å². The van der Waals surface area contributed by atoms with Gasteiger partial charge < -0.3 is 24.2 Å². The van der Waals surface area contributed by atoms with E-state index in [1.165, 1.54) is 12.4 Å². The number of nitrogens with zero attached hydrogens (tertiary/aromatic N) is 5. The summed E-state index contributed by atoms with van der Waals surface area (Å²) in [6.45, 7) is 3.92. The number of fused-ring (bicyclic) bond motifs is 2. The van der Waals surface area contributed by atoms with Gasteiger partial charge in [0, 0.05) is 64.8 Å². The van der Waals surface area contributed by atoms with E-state index >= 15 is 0 Å². The molecule has 1 aromatic heterocycles. The zero-order valence-electron chi connectivity index (χ0n) is 24.2. The molecule has 0 N–H and O–H groups in total. The van der Waals surface area contributed by atoms with E-state index < -0.39 is 0 Å². The highest BCUT2D eigenvalue weighted by molar-refractivity contribution is 5.94. The van der Waals surface area contributed by atoms with Crippen molar-refractivity contribution in [3.8, 4) is 5.75 Å². The van der Waals surface area contributed by atoms with Crippen molar-refractivity contribution < 1.29 is 23.9 Å². The van der Waals surface area contributed by atoms with Gasteiger partial charge in [0.15, 0.2) is 0 Å². The number of carbonyl (C=O) groups excluding carboxylic acids is 3. The van der Waals surface area contributed by atoms with Crippen LogP contribution in [0.15, 0.2) is 42.9 Å². The zero-order valence-corrected chi connectivity index (χ0v) is 24.2. The summed E-state index contributed by atoms with van der Waals surface area (Å²) in [5.74, 6) is 0.657. The molecule has 2 aliphatic heterocycles. The molecule has 10 nitrogen and oxygen atoms in total. The minimum absolute atomic E-state index is 0.0420. The molecule has 2 fully saturated rings. The number of piperidine rings is 1. The lowest BCUT2D eigenvalue weighted by atomic mass is 9.74. The van der Waals surface area contributed by atoms with Crippen molar-refractivity contribution in [3.05, 3.63) is 54.1 Å². The molecule has 1 aromatic carbocycles. The van der Waals surface area contributed by atoms with Gasteiger partial charge in [0.05, 0.1) is 24.8 Å². The summed E-state index contributed by atoms with van der Waals surface area (Å²) >= 11 is 0. The van der Waals surface area contributed by atoms with Crippen molar-refractivity contribution in [3.63, 3.8) is 0 Å². The molecule has 3 heterocycles. The van der Waals surface area contributed by atoms with Crippen molar-refractivity contribution >= 4 is 17.7 Å². The third kappa shape index (κ3) is 6.69. The average Bonchev–Trinajstić information content (AvgIpc) is 3.78. The number of hydrogen-bond donors (Lipinski definition) is 0. The molecule has 220 valence electrons. The predicted octanol–water partition coefficient (Wildman–Crippen LogP) is 3.29. The van der Waals surface area contributed by atoms with Gasteiger partial charge in [0.2, 0.25) is 5.91 Å². The van der Waals surface area contributed by atoms with Crippen LogP contribution in [0, 0.1) is 10.8 Å². The molecule has 2 bridgehead atoms. The minimum Gasteiger partial charge on any atom is -0.494 e. The molecule has 2 aromatic rings. The van der Waals surface area contributed by atoms with Crippen LogP contribution in [0.2, 0.25) is 0 Å². The third-order valence-corrected chi connectivity index (χ3v) is 8.89. The van der Waals surface area contributed by atoms with E-state index in [1.807, 2.05) is 39.9 Å². The number of amides is 3.